The van der Waals surface area contributed by atoms with Crippen molar-refractivity contribution in [2.24, 2.45) is 0 Å². The van der Waals surface area contributed by atoms with Crippen LogP contribution in [0.5, 0.6) is 11.5 Å². The van der Waals surface area contributed by atoms with Gasteiger partial charge in [-0.2, -0.15) is 0 Å². The number of benzene rings is 1. The van der Waals surface area contributed by atoms with Crippen LogP contribution in [0, 0.1) is 0 Å². The molecule has 0 aromatic heterocycles. The minimum absolute atomic E-state index is 0.0198. The Balaban J connectivity index is 2.46. The van der Waals surface area contributed by atoms with Crippen molar-refractivity contribution in [1.29, 1.82) is 0 Å². The van der Waals surface area contributed by atoms with Crippen molar-refractivity contribution >= 4 is 17.7 Å². The molecule has 4 nitrogen and oxygen atoms in total. The lowest BCUT2D eigenvalue weighted by Gasteiger charge is -2.25. The monoisotopic (exact) mass is 267 g/mol. The molecule has 1 aliphatic heterocycles. The summed E-state index contributed by atoms with van der Waals surface area (Å²) in [5.74, 6) is 2.21. The zero-order valence-corrected chi connectivity index (χ0v) is 11.6. The highest BCUT2D eigenvalue weighted by Gasteiger charge is 2.35. The van der Waals surface area contributed by atoms with E-state index in [0.29, 0.717) is 12.3 Å². The zero-order chi connectivity index (χ0) is 13.1. The summed E-state index contributed by atoms with van der Waals surface area (Å²) in [5.41, 5.74) is 0.945. The average molecular weight is 267 g/mol. The SMILES string of the molecule is CCN1C(=O)CSC1c1c(OC)cccc1OC. The smallest absolute Gasteiger partial charge is 0.233 e. The number of hydrogen-bond donors (Lipinski definition) is 0. The summed E-state index contributed by atoms with van der Waals surface area (Å²) in [6.45, 7) is 2.68. The topological polar surface area (TPSA) is 38.8 Å². The van der Waals surface area contributed by atoms with E-state index in [4.69, 9.17) is 9.47 Å². The Bertz CT molecular complexity index is 428. The minimum Gasteiger partial charge on any atom is -0.496 e. The van der Waals surface area contributed by atoms with E-state index in [1.54, 1.807) is 26.0 Å². The number of rotatable bonds is 4. The molecule has 1 amide bonds. The second-order valence-corrected chi connectivity index (χ2v) is 4.99. The summed E-state index contributed by atoms with van der Waals surface area (Å²) in [6, 6.07) is 5.68. The largest absolute Gasteiger partial charge is 0.496 e. The normalized spacial score (nSPS) is 19.2. The van der Waals surface area contributed by atoms with Gasteiger partial charge in [-0.25, -0.2) is 0 Å². The van der Waals surface area contributed by atoms with Gasteiger partial charge in [-0.05, 0) is 19.1 Å². The first-order valence-corrected chi connectivity index (χ1v) is 6.89. The van der Waals surface area contributed by atoms with Gasteiger partial charge in [-0.3, -0.25) is 4.79 Å². The number of thioether (sulfide) groups is 1. The molecular weight excluding hydrogens is 250 g/mol. The first-order valence-electron chi connectivity index (χ1n) is 5.84. The van der Waals surface area contributed by atoms with Gasteiger partial charge in [0.05, 0.1) is 25.5 Å². The third kappa shape index (κ3) is 2.14. The van der Waals surface area contributed by atoms with Crippen LogP contribution in [0.3, 0.4) is 0 Å². The van der Waals surface area contributed by atoms with Crippen LogP contribution >= 0.6 is 11.8 Å². The van der Waals surface area contributed by atoms with Crippen LogP contribution in [0.15, 0.2) is 18.2 Å². The number of methoxy groups -OCH3 is 2. The molecule has 1 fully saturated rings. The number of nitrogens with zero attached hydrogens (tertiary/aromatic N) is 1. The molecule has 1 unspecified atom stereocenters. The minimum atomic E-state index is -0.0198. The van der Waals surface area contributed by atoms with Crippen molar-refractivity contribution < 1.29 is 14.3 Å². The van der Waals surface area contributed by atoms with Gasteiger partial charge in [0.15, 0.2) is 0 Å². The first kappa shape index (κ1) is 13.1. The van der Waals surface area contributed by atoms with Gasteiger partial charge in [-0.1, -0.05) is 6.07 Å². The molecule has 0 radical (unpaired) electrons. The van der Waals surface area contributed by atoms with Crippen LogP contribution in [0.25, 0.3) is 0 Å². The van der Waals surface area contributed by atoms with E-state index >= 15 is 0 Å². The van der Waals surface area contributed by atoms with Gasteiger partial charge in [0.1, 0.15) is 16.9 Å². The van der Waals surface area contributed by atoms with Crippen molar-refractivity contribution in [2.75, 3.05) is 26.5 Å². The van der Waals surface area contributed by atoms with Crippen molar-refractivity contribution in [3.05, 3.63) is 23.8 Å². The van der Waals surface area contributed by atoms with Gasteiger partial charge in [0.2, 0.25) is 5.91 Å². The van der Waals surface area contributed by atoms with Gasteiger partial charge in [0.25, 0.3) is 0 Å². The Morgan fingerprint density at radius 3 is 2.44 bits per heavy atom. The summed E-state index contributed by atoms with van der Waals surface area (Å²) in [6.07, 6.45) is 0. The quantitative estimate of drug-likeness (QED) is 0.839. The van der Waals surface area contributed by atoms with Crippen molar-refractivity contribution in [1.82, 2.24) is 4.90 Å². The Morgan fingerprint density at radius 1 is 1.33 bits per heavy atom. The van der Waals surface area contributed by atoms with Gasteiger partial charge in [0, 0.05) is 6.54 Å². The Labute approximate surface area is 111 Å². The zero-order valence-electron chi connectivity index (χ0n) is 10.8. The van der Waals surface area contributed by atoms with Crippen LogP contribution in [0.2, 0.25) is 0 Å². The van der Waals surface area contributed by atoms with Crippen LogP contribution < -0.4 is 9.47 Å². The maximum Gasteiger partial charge on any atom is 0.233 e. The van der Waals surface area contributed by atoms with Crippen LogP contribution in [0.4, 0.5) is 0 Å². The third-order valence-corrected chi connectivity index (χ3v) is 4.24. The third-order valence-electron chi connectivity index (χ3n) is 3.02. The molecule has 0 spiro atoms. The Hall–Kier alpha value is -1.36. The summed E-state index contributed by atoms with van der Waals surface area (Å²) in [7, 11) is 3.27. The summed E-state index contributed by atoms with van der Waals surface area (Å²) in [5, 5.41) is -0.0198. The highest BCUT2D eigenvalue weighted by atomic mass is 32.2. The van der Waals surface area contributed by atoms with Crippen molar-refractivity contribution in [2.45, 2.75) is 12.3 Å². The second kappa shape index (κ2) is 5.52. The van der Waals surface area contributed by atoms with E-state index < -0.39 is 0 Å². The first-order chi connectivity index (χ1) is 8.72. The van der Waals surface area contributed by atoms with Crippen molar-refractivity contribution in [3.8, 4) is 11.5 Å². The molecule has 1 aliphatic rings. The lowest BCUT2D eigenvalue weighted by Crippen LogP contribution is -2.28. The van der Waals surface area contributed by atoms with E-state index in [1.807, 2.05) is 30.0 Å². The van der Waals surface area contributed by atoms with Gasteiger partial charge >= 0.3 is 0 Å². The number of amides is 1. The predicted molar refractivity (Wildman–Crippen MR) is 72.1 cm³/mol. The highest BCUT2D eigenvalue weighted by molar-refractivity contribution is 8.00. The average Bonchev–Trinajstić information content (AvgIpc) is 2.78. The lowest BCUT2D eigenvalue weighted by molar-refractivity contribution is -0.127. The van der Waals surface area contributed by atoms with Gasteiger partial charge in [-0.15, -0.1) is 11.8 Å². The van der Waals surface area contributed by atoms with Crippen LogP contribution in [-0.2, 0) is 4.79 Å². The number of carbonyl (C=O) groups is 1. The summed E-state index contributed by atoms with van der Waals surface area (Å²) < 4.78 is 10.8. The summed E-state index contributed by atoms with van der Waals surface area (Å²) in [4.78, 5) is 13.7. The number of ether oxygens (including phenoxy) is 2. The molecule has 1 aromatic rings. The molecular formula is C13H17NO3S. The van der Waals surface area contributed by atoms with Crippen molar-refractivity contribution in [3.63, 3.8) is 0 Å². The fraction of sp³-hybridized carbons (Fsp3) is 0.462. The fourth-order valence-corrected chi connectivity index (χ4v) is 3.47. The molecule has 1 aromatic carbocycles. The molecule has 0 saturated carbocycles. The van der Waals surface area contributed by atoms with Crippen LogP contribution in [-0.4, -0.2) is 37.3 Å². The number of carbonyl (C=O) groups excluding carboxylic acids is 1. The van der Waals surface area contributed by atoms with E-state index in [0.717, 1.165) is 17.1 Å². The highest BCUT2D eigenvalue weighted by Crippen LogP contribution is 2.46. The molecule has 0 bridgehead atoms. The Morgan fingerprint density at radius 2 is 1.94 bits per heavy atom. The Kier molecular flexibility index (Phi) is 4.01. The lowest BCUT2D eigenvalue weighted by atomic mass is 10.1. The maximum absolute atomic E-state index is 11.8. The van der Waals surface area contributed by atoms with E-state index in [-0.39, 0.29) is 11.3 Å². The van der Waals surface area contributed by atoms with Gasteiger partial charge < -0.3 is 14.4 Å². The molecule has 0 N–H and O–H groups in total. The molecule has 5 heteroatoms. The van der Waals surface area contributed by atoms with Crippen LogP contribution in [0.1, 0.15) is 17.9 Å². The predicted octanol–water partition coefficient (Wildman–Crippen LogP) is 2.30. The molecule has 2 rings (SSSR count). The molecule has 0 aliphatic carbocycles. The molecule has 1 atom stereocenters. The fourth-order valence-electron chi connectivity index (χ4n) is 2.16. The standard InChI is InChI=1S/C13H17NO3S/c1-4-14-11(15)8-18-13(14)12-9(16-2)6-5-7-10(12)17-3/h5-7,13H,4,8H2,1-3H3. The molecule has 1 saturated heterocycles. The summed E-state index contributed by atoms with van der Waals surface area (Å²) >= 11 is 1.61. The van der Waals surface area contributed by atoms with E-state index in [9.17, 15) is 4.79 Å². The van der Waals surface area contributed by atoms with E-state index in [1.165, 1.54) is 0 Å². The molecule has 1 heterocycles. The molecule has 18 heavy (non-hydrogen) atoms. The molecule has 98 valence electrons. The number of hydrogen-bond acceptors (Lipinski definition) is 4. The second-order valence-electron chi connectivity index (χ2n) is 3.92. The van der Waals surface area contributed by atoms with E-state index in [2.05, 4.69) is 0 Å². The maximum atomic E-state index is 11.8.